The van der Waals surface area contributed by atoms with Crippen molar-refractivity contribution in [1.82, 2.24) is 14.7 Å². The predicted octanol–water partition coefficient (Wildman–Crippen LogP) is 4.90. The Hall–Kier alpha value is -3.18. The first-order valence-corrected chi connectivity index (χ1v) is 16.6. The molecule has 0 unspecified atom stereocenters. The summed E-state index contributed by atoms with van der Waals surface area (Å²) in [7, 11) is 7.70. The van der Waals surface area contributed by atoms with Crippen LogP contribution in [0.1, 0.15) is 68.8 Å². The lowest BCUT2D eigenvalue weighted by molar-refractivity contribution is -0.116. The summed E-state index contributed by atoms with van der Waals surface area (Å²) >= 11 is 0. The smallest absolute Gasteiger partial charge is 0.258 e. The van der Waals surface area contributed by atoms with Crippen LogP contribution >= 0.6 is 0 Å². The molecular formula is C36H56N4O6. The molecule has 0 saturated carbocycles. The number of nitrogens with zero attached hydrogens (tertiary/aromatic N) is 3. The van der Waals surface area contributed by atoms with Crippen molar-refractivity contribution >= 4 is 17.5 Å². The molecule has 1 heterocycles. The molecule has 10 nitrogen and oxygen atoms in total. The van der Waals surface area contributed by atoms with Gasteiger partial charge in [-0.25, -0.2) is 0 Å². The number of aliphatic hydroxyl groups excluding tert-OH is 1. The average molecular weight is 641 g/mol. The fraction of sp³-hybridized carbons (Fsp3) is 0.611. The molecule has 256 valence electrons. The third kappa shape index (κ3) is 11.9. The summed E-state index contributed by atoms with van der Waals surface area (Å²) < 4.78 is 18.1. The van der Waals surface area contributed by atoms with Crippen molar-refractivity contribution in [2.45, 2.75) is 77.7 Å². The molecule has 10 heteroatoms. The van der Waals surface area contributed by atoms with Crippen LogP contribution in [0.2, 0.25) is 0 Å². The molecule has 0 fully saturated rings. The lowest BCUT2D eigenvalue weighted by Gasteiger charge is -2.36. The second-order valence-electron chi connectivity index (χ2n) is 13.0. The Balaban J connectivity index is 1.85. The highest BCUT2D eigenvalue weighted by atomic mass is 16.5. The number of anilines is 1. The van der Waals surface area contributed by atoms with Crippen molar-refractivity contribution in [1.29, 1.82) is 0 Å². The zero-order valence-electron chi connectivity index (χ0n) is 29.0. The second-order valence-corrected chi connectivity index (χ2v) is 13.0. The highest BCUT2D eigenvalue weighted by Gasteiger charge is 2.30. The van der Waals surface area contributed by atoms with Gasteiger partial charge in [0.2, 0.25) is 5.91 Å². The third-order valence-electron chi connectivity index (χ3n) is 8.45. The Morgan fingerprint density at radius 2 is 1.87 bits per heavy atom. The number of carbonyl (C=O) groups is 2. The van der Waals surface area contributed by atoms with E-state index in [2.05, 4.69) is 36.3 Å². The molecule has 0 saturated heterocycles. The van der Waals surface area contributed by atoms with Gasteiger partial charge in [0.15, 0.2) is 0 Å². The highest BCUT2D eigenvalue weighted by Crippen LogP contribution is 2.29. The van der Waals surface area contributed by atoms with Gasteiger partial charge >= 0.3 is 0 Å². The quantitative estimate of drug-likeness (QED) is 0.338. The molecule has 1 aliphatic rings. The SMILES string of the molecule is COc1ccc(CN(C)C[C@H]2OCCCC[C@@H](C)Oc3ccc(NC(=O)CCCN(C)C)cc3C(=O)N([C@@H](C)CO)C[C@H]2C)cc1. The van der Waals surface area contributed by atoms with Gasteiger partial charge in [-0.15, -0.1) is 0 Å². The Morgan fingerprint density at radius 1 is 1.13 bits per heavy atom. The van der Waals surface area contributed by atoms with Crippen molar-refractivity contribution in [3.63, 3.8) is 0 Å². The number of methoxy groups -OCH3 is 1. The van der Waals surface area contributed by atoms with E-state index in [1.807, 2.05) is 45.0 Å². The molecule has 0 radical (unpaired) electrons. The van der Waals surface area contributed by atoms with Crippen molar-refractivity contribution in [3.8, 4) is 11.5 Å². The Bertz CT molecular complexity index is 1220. The average Bonchev–Trinajstić information content (AvgIpc) is 3.02. The molecule has 2 aromatic rings. The topological polar surface area (TPSA) is 104 Å². The van der Waals surface area contributed by atoms with E-state index in [0.717, 1.165) is 44.5 Å². The zero-order chi connectivity index (χ0) is 33.6. The summed E-state index contributed by atoms with van der Waals surface area (Å²) in [5.41, 5.74) is 2.09. The molecule has 2 N–H and O–H groups in total. The summed E-state index contributed by atoms with van der Waals surface area (Å²) in [5.74, 6) is 0.934. The summed E-state index contributed by atoms with van der Waals surface area (Å²) in [4.78, 5) is 33.0. The van der Waals surface area contributed by atoms with E-state index < -0.39 is 6.04 Å². The number of ether oxygens (including phenoxy) is 3. The van der Waals surface area contributed by atoms with E-state index >= 15 is 0 Å². The van der Waals surface area contributed by atoms with Gasteiger partial charge in [0.25, 0.3) is 5.91 Å². The maximum absolute atomic E-state index is 14.3. The minimum atomic E-state index is -0.435. The van der Waals surface area contributed by atoms with Crippen LogP contribution in [0, 0.1) is 5.92 Å². The lowest BCUT2D eigenvalue weighted by Crippen LogP contribution is -2.47. The molecule has 2 aromatic carbocycles. The molecule has 0 bridgehead atoms. The van der Waals surface area contributed by atoms with E-state index in [9.17, 15) is 14.7 Å². The Morgan fingerprint density at radius 3 is 2.54 bits per heavy atom. The number of nitrogens with one attached hydrogen (secondary N) is 1. The molecular weight excluding hydrogens is 584 g/mol. The van der Waals surface area contributed by atoms with Crippen LogP contribution in [-0.2, 0) is 16.1 Å². The number of benzene rings is 2. The van der Waals surface area contributed by atoms with E-state index in [0.29, 0.717) is 43.1 Å². The number of likely N-dealkylation sites (N-methyl/N-ethyl adjacent to an activating group) is 1. The number of rotatable bonds is 12. The molecule has 0 aromatic heterocycles. The minimum absolute atomic E-state index is 0.0258. The Kier molecular flexibility index (Phi) is 15.3. The van der Waals surface area contributed by atoms with Gasteiger partial charge in [-0.3, -0.25) is 14.5 Å². The van der Waals surface area contributed by atoms with Crippen LogP contribution in [0.3, 0.4) is 0 Å². The highest BCUT2D eigenvalue weighted by molar-refractivity contribution is 5.99. The number of fused-ring (bicyclic) bond motifs is 1. The fourth-order valence-corrected chi connectivity index (χ4v) is 5.66. The van der Waals surface area contributed by atoms with Crippen LogP contribution in [0.15, 0.2) is 42.5 Å². The number of hydrogen-bond donors (Lipinski definition) is 2. The largest absolute Gasteiger partial charge is 0.497 e. The standard InChI is InChI=1S/C36H56N4O6/c1-26-22-40(27(2)25-41)36(43)32-21-30(37-35(42)12-10-19-38(4)5)15-18-33(32)46-28(3)11-8-9-20-45-34(26)24-39(6)23-29-13-16-31(44-7)17-14-29/h13-18,21,26-28,34,41H,8-12,19-20,22-25H2,1-7H3,(H,37,42)/t26-,27+,28-,34-/m1/s1. The minimum Gasteiger partial charge on any atom is -0.497 e. The first kappa shape index (κ1) is 37.3. The summed E-state index contributed by atoms with van der Waals surface area (Å²) in [6, 6.07) is 12.9. The summed E-state index contributed by atoms with van der Waals surface area (Å²) in [5, 5.41) is 13.2. The molecule has 3 rings (SSSR count). The Labute approximate surface area is 276 Å². The van der Waals surface area contributed by atoms with Crippen molar-refractivity contribution in [2.24, 2.45) is 5.92 Å². The monoisotopic (exact) mass is 640 g/mol. The predicted molar refractivity (Wildman–Crippen MR) is 183 cm³/mol. The molecule has 0 spiro atoms. The first-order valence-electron chi connectivity index (χ1n) is 16.6. The molecule has 46 heavy (non-hydrogen) atoms. The number of amides is 2. The van der Waals surface area contributed by atoms with Crippen LogP contribution < -0.4 is 14.8 Å². The fourth-order valence-electron chi connectivity index (χ4n) is 5.66. The number of hydrogen-bond acceptors (Lipinski definition) is 8. The van der Waals surface area contributed by atoms with Crippen LogP contribution in [-0.4, -0.2) is 111 Å². The van der Waals surface area contributed by atoms with E-state index in [4.69, 9.17) is 14.2 Å². The van der Waals surface area contributed by atoms with Gasteiger partial charge in [-0.1, -0.05) is 19.1 Å². The van der Waals surface area contributed by atoms with Crippen LogP contribution in [0.4, 0.5) is 5.69 Å². The van der Waals surface area contributed by atoms with Gasteiger partial charge in [0.1, 0.15) is 11.5 Å². The van der Waals surface area contributed by atoms with Gasteiger partial charge in [-0.2, -0.15) is 0 Å². The zero-order valence-corrected chi connectivity index (χ0v) is 29.0. The van der Waals surface area contributed by atoms with Gasteiger partial charge < -0.3 is 34.4 Å². The summed E-state index contributed by atoms with van der Waals surface area (Å²) in [6.45, 7) is 9.03. The number of aliphatic hydroxyl groups is 1. The summed E-state index contributed by atoms with van der Waals surface area (Å²) in [6.07, 6.45) is 3.53. The lowest BCUT2D eigenvalue weighted by atomic mass is 10.0. The van der Waals surface area contributed by atoms with Gasteiger partial charge in [-0.05, 0) is 103 Å². The first-order chi connectivity index (χ1) is 22.0. The van der Waals surface area contributed by atoms with E-state index in [-0.39, 0.29) is 36.5 Å². The van der Waals surface area contributed by atoms with Crippen molar-refractivity contribution < 1.29 is 28.9 Å². The normalized spacial score (nSPS) is 20.5. The van der Waals surface area contributed by atoms with E-state index in [1.165, 1.54) is 5.56 Å². The van der Waals surface area contributed by atoms with Crippen molar-refractivity contribution in [2.75, 3.05) is 66.4 Å². The van der Waals surface area contributed by atoms with Crippen molar-refractivity contribution in [3.05, 3.63) is 53.6 Å². The maximum Gasteiger partial charge on any atom is 0.258 e. The molecule has 1 aliphatic heterocycles. The maximum atomic E-state index is 14.3. The van der Waals surface area contributed by atoms with Crippen LogP contribution in [0.5, 0.6) is 11.5 Å². The van der Waals surface area contributed by atoms with Gasteiger partial charge in [0, 0.05) is 44.3 Å². The number of carbonyl (C=O) groups excluding carboxylic acids is 2. The molecule has 4 atom stereocenters. The third-order valence-corrected chi connectivity index (χ3v) is 8.45. The molecule has 2 amide bonds. The second kappa shape index (κ2) is 18.8. The van der Waals surface area contributed by atoms with Gasteiger partial charge in [0.05, 0.1) is 37.5 Å². The van der Waals surface area contributed by atoms with E-state index in [1.54, 1.807) is 30.2 Å². The van der Waals surface area contributed by atoms with Crippen LogP contribution in [0.25, 0.3) is 0 Å². The molecule has 0 aliphatic carbocycles.